The van der Waals surface area contributed by atoms with E-state index in [2.05, 4.69) is 35.0 Å². The highest BCUT2D eigenvalue weighted by Gasteiger charge is 2.10. The summed E-state index contributed by atoms with van der Waals surface area (Å²) in [6.07, 6.45) is 8.20. The average Bonchev–Trinajstić information content (AvgIpc) is 2.59. The Kier molecular flexibility index (Phi) is 4.75. The molecule has 22 heavy (non-hydrogen) atoms. The molecule has 2 aromatic carbocycles. The Hall–Kier alpha value is -2.27. The van der Waals surface area contributed by atoms with Gasteiger partial charge in [-0.05, 0) is 53.8 Å². The normalized spacial score (nSPS) is 15.7. The van der Waals surface area contributed by atoms with Crippen LogP contribution in [-0.4, -0.2) is 19.4 Å². The molecule has 0 unspecified atom stereocenters. The third-order valence-electron chi connectivity index (χ3n) is 4.19. The summed E-state index contributed by atoms with van der Waals surface area (Å²) in [5.74, 6) is 7.12. The number of fused-ring (bicyclic) bond motifs is 1. The number of ether oxygens (including phenoxy) is 1. The quantitative estimate of drug-likeness (QED) is 0.585. The molecule has 0 spiro atoms. The summed E-state index contributed by atoms with van der Waals surface area (Å²) < 4.78 is 5.24. The fraction of sp³-hybridized carbons (Fsp3) is 0.350. The van der Waals surface area contributed by atoms with E-state index >= 15 is 0 Å². The minimum absolute atomic E-state index is 0.493. The summed E-state index contributed by atoms with van der Waals surface area (Å²) in [5.41, 5.74) is 1.02. The Morgan fingerprint density at radius 1 is 1.05 bits per heavy atom. The van der Waals surface area contributed by atoms with E-state index in [1.54, 1.807) is 13.3 Å². The van der Waals surface area contributed by atoms with Crippen molar-refractivity contribution >= 4 is 17.0 Å². The zero-order chi connectivity index (χ0) is 15.2. The van der Waals surface area contributed by atoms with Crippen LogP contribution in [0.3, 0.4) is 0 Å². The first-order valence-corrected chi connectivity index (χ1v) is 7.96. The van der Waals surface area contributed by atoms with Gasteiger partial charge in [0.05, 0.1) is 19.4 Å². The molecule has 0 bridgehead atoms. The van der Waals surface area contributed by atoms with Gasteiger partial charge in [-0.1, -0.05) is 37.3 Å². The Bertz CT molecular complexity index is 730. The Labute approximate surface area is 132 Å². The Morgan fingerprint density at radius 3 is 2.64 bits per heavy atom. The Balaban J connectivity index is 1.71. The van der Waals surface area contributed by atoms with Crippen LogP contribution >= 0.6 is 0 Å². The van der Waals surface area contributed by atoms with E-state index in [9.17, 15) is 0 Å². The van der Waals surface area contributed by atoms with Crippen molar-refractivity contribution in [3.63, 3.8) is 0 Å². The van der Waals surface area contributed by atoms with Crippen LogP contribution in [0, 0.1) is 11.8 Å². The van der Waals surface area contributed by atoms with Gasteiger partial charge in [0.15, 0.2) is 0 Å². The molecule has 0 heterocycles. The molecule has 2 aromatic rings. The maximum Gasteiger partial charge on any atom is 0.119 e. The van der Waals surface area contributed by atoms with Crippen LogP contribution in [-0.2, 0) is 0 Å². The largest absolute Gasteiger partial charge is 0.497 e. The van der Waals surface area contributed by atoms with Crippen molar-refractivity contribution in [1.29, 1.82) is 0 Å². The van der Waals surface area contributed by atoms with Crippen LogP contribution in [0.25, 0.3) is 10.8 Å². The van der Waals surface area contributed by atoms with Crippen LogP contribution in [0.1, 0.15) is 37.7 Å². The molecule has 112 valence electrons. The van der Waals surface area contributed by atoms with Crippen molar-refractivity contribution in [1.82, 2.24) is 0 Å². The zero-order valence-electron chi connectivity index (χ0n) is 13.0. The van der Waals surface area contributed by atoms with Gasteiger partial charge in [0.2, 0.25) is 0 Å². The van der Waals surface area contributed by atoms with E-state index in [0.717, 1.165) is 11.3 Å². The first kappa shape index (κ1) is 14.7. The van der Waals surface area contributed by atoms with Crippen LogP contribution < -0.4 is 4.74 Å². The van der Waals surface area contributed by atoms with E-state index in [-0.39, 0.29) is 0 Å². The van der Waals surface area contributed by atoms with Gasteiger partial charge in [-0.2, -0.15) is 0 Å². The second kappa shape index (κ2) is 7.13. The standard InChI is InChI=1S/C20H21NO/c1-22-20-12-11-17-14-16(9-10-18(17)15-20)6-5-13-21-19-7-3-2-4-8-19/h9-15,19H,2-4,7-8H2,1H3. The molecule has 2 nitrogen and oxygen atoms in total. The lowest BCUT2D eigenvalue weighted by Crippen LogP contribution is -2.09. The van der Waals surface area contributed by atoms with E-state index in [1.807, 2.05) is 18.2 Å². The second-order valence-corrected chi connectivity index (χ2v) is 5.77. The average molecular weight is 291 g/mol. The molecule has 0 atom stereocenters. The molecular weight excluding hydrogens is 270 g/mol. The van der Waals surface area contributed by atoms with Crippen molar-refractivity contribution in [2.45, 2.75) is 38.1 Å². The Morgan fingerprint density at radius 2 is 1.82 bits per heavy atom. The predicted octanol–water partition coefficient (Wildman–Crippen LogP) is 4.60. The van der Waals surface area contributed by atoms with E-state index < -0.39 is 0 Å². The number of hydrogen-bond donors (Lipinski definition) is 0. The first-order valence-electron chi connectivity index (χ1n) is 7.96. The lowest BCUT2D eigenvalue weighted by molar-refractivity contribution is 0.415. The van der Waals surface area contributed by atoms with Crippen molar-refractivity contribution in [3.05, 3.63) is 42.0 Å². The minimum Gasteiger partial charge on any atom is -0.497 e. The summed E-state index contributed by atoms with van der Waals surface area (Å²) in [6.45, 7) is 0. The fourth-order valence-electron chi connectivity index (χ4n) is 2.92. The SMILES string of the molecule is COc1ccc2cc(C#CC=NC3CCCCC3)ccc2c1. The van der Waals surface area contributed by atoms with E-state index in [4.69, 9.17) is 4.74 Å². The van der Waals surface area contributed by atoms with Gasteiger partial charge in [-0.25, -0.2) is 0 Å². The van der Waals surface area contributed by atoms with Crippen molar-refractivity contribution in [2.24, 2.45) is 4.99 Å². The maximum atomic E-state index is 5.24. The summed E-state index contributed by atoms with van der Waals surface area (Å²) in [4.78, 5) is 4.57. The number of benzene rings is 2. The van der Waals surface area contributed by atoms with Gasteiger partial charge < -0.3 is 4.74 Å². The minimum atomic E-state index is 0.493. The molecule has 0 amide bonds. The topological polar surface area (TPSA) is 21.6 Å². The highest BCUT2D eigenvalue weighted by molar-refractivity contribution is 5.86. The third-order valence-corrected chi connectivity index (χ3v) is 4.19. The fourth-order valence-corrected chi connectivity index (χ4v) is 2.92. The highest BCUT2D eigenvalue weighted by atomic mass is 16.5. The lowest BCUT2D eigenvalue weighted by Gasteiger charge is -2.16. The van der Waals surface area contributed by atoms with Gasteiger partial charge in [0.1, 0.15) is 5.75 Å². The zero-order valence-corrected chi connectivity index (χ0v) is 13.0. The maximum absolute atomic E-state index is 5.24. The monoisotopic (exact) mass is 291 g/mol. The van der Waals surface area contributed by atoms with Gasteiger partial charge in [0, 0.05) is 5.56 Å². The molecule has 2 heteroatoms. The molecule has 0 aromatic heterocycles. The summed E-state index contributed by atoms with van der Waals surface area (Å²) >= 11 is 0. The van der Waals surface area contributed by atoms with Crippen molar-refractivity contribution in [3.8, 4) is 17.6 Å². The van der Waals surface area contributed by atoms with Crippen LogP contribution in [0.4, 0.5) is 0 Å². The third kappa shape index (κ3) is 3.68. The number of rotatable bonds is 2. The molecule has 1 aliphatic carbocycles. The molecule has 0 radical (unpaired) electrons. The number of aliphatic imine (C=N–C) groups is 1. The molecular formula is C20H21NO. The number of methoxy groups -OCH3 is 1. The van der Waals surface area contributed by atoms with Crippen LogP contribution in [0.5, 0.6) is 5.75 Å². The lowest BCUT2D eigenvalue weighted by atomic mass is 9.96. The van der Waals surface area contributed by atoms with Crippen molar-refractivity contribution in [2.75, 3.05) is 7.11 Å². The molecule has 0 N–H and O–H groups in total. The first-order chi connectivity index (χ1) is 10.8. The second-order valence-electron chi connectivity index (χ2n) is 5.77. The van der Waals surface area contributed by atoms with Gasteiger partial charge in [-0.3, -0.25) is 4.99 Å². The molecule has 0 aliphatic heterocycles. The number of nitrogens with zero attached hydrogens (tertiary/aromatic N) is 1. The van der Waals surface area contributed by atoms with Crippen LogP contribution in [0.15, 0.2) is 41.4 Å². The van der Waals surface area contributed by atoms with Crippen molar-refractivity contribution < 1.29 is 4.74 Å². The summed E-state index contributed by atoms with van der Waals surface area (Å²) in [7, 11) is 1.69. The van der Waals surface area contributed by atoms with Crippen LogP contribution in [0.2, 0.25) is 0 Å². The van der Waals surface area contributed by atoms with E-state index in [0.29, 0.717) is 6.04 Å². The van der Waals surface area contributed by atoms with E-state index in [1.165, 1.54) is 42.9 Å². The molecule has 1 fully saturated rings. The highest BCUT2D eigenvalue weighted by Crippen LogP contribution is 2.21. The molecule has 0 saturated heterocycles. The summed E-state index contributed by atoms with van der Waals surface area (Å²) in [6, 6.07) is 12.8. The smallest absolute Gasteiger partial charge is 0.119 e. The molecule has 1 saturated carbocycles. The number of hydrogen-bond acceptors (Lipinski definition) is 2. The predicted molar refractivity (Wildman–Crippen MR) is 92.7 cm³/mol. The van der Waals surface area contributed by atoms with Gasteiger partial charge >= 0.3 is 0 Å². The molecule has 3 rings (SSSR count). The van der Waals surface area contributed by atoms with Gasteiger partial charge in [-0.15, -0.1) is 0 Å². The molecule has 1 aliphatic rings. The van der Waals surface area contributed by atoms with Gasteiger partial charge in [0.25, 0.3) is 0 Å². The summed E-state index contributed by atoms with van der Waals surface area (Å²) in [5, 5.41) is 2.34.